The Bertz CT molecular complexity index is 443. The Kier molecular flexibility index (Phi) is 2.40. The molecular weight excluding hydrogens is 220 g/mol. The van der Waals surface area contributed by atoms with Crippen LogP contribution in [0.25, 0.3) is 0 Å². The predicted octanol–water partition coefficient (Wildman–Crippen LogP) is -0.00410. The van der Waals surface area contributed by atoms with Crippen molar-refractivity contribution in [1.82, 2.24) is 4.90 Å². The van der Waals surface area contributed by atoms with Gasteiger partial charge in [0, 0.05) is 19.1 Å². The highest BCUT2D eigenvalue weighted by Gasteiger charge is 2.36. The van der Waals surface area contributed by atoms with Crippen LogP contribution < -0.4 is 15.2 Å². The molecular formula is C12H14N2O3. The summed E-state index contributed by atoms with van der Waals surface area (Å²) in [4.78, 5) is 13.7. The third kappa shape index (κ3) is 1.82. The minimum Gasteiger partial charge on any atom is -0.485 e. The SMILES string of the molecule is NC1CN(C(=O)C2COc3ccccc3O2)C1. The van der Waals surface area contributed by atoms with Crippen LogP contribution in [0.4, 0.5) is 0 Å². The van der Waals surface area contributed by atoms with Crippen molar-refractivity contribution in [2.45, 2.75) is 12.1 Å². The maximum Gasteiger partial charge on any atom is 0.267 e. The Morgan fingerprint density at radius 2 is 2.00 bits per heavy atom. The molecule has 0 spiro atoms. The first-order chi connectivity index (χ1) is 8.24. The van der Waals surface area contributed by atoms with Crippen LogP contribution in [0, 0.1) is 0 Å². The van der Waals surface area contributed by atoms with Crippen LogP contribution in [0.2, 0.25) is 0 Å². The zero-order valence-corrected chi connectivity index (χ0v) is 9.33. The molecule has 1 atom stereocenters. The number of nitrogens with zero attached hydrogens (tertiary/aromatic N) is 1. The van der Waals surface area contributed by atoms with E-state index in [0.29, 0.717) is 24.6 Å². The average molecular weight is 234 g/mol. The Hall–Kier alpha value is -1.75. The minimum atomic E-state index is -0.544. The number of fused-ring (bicyclic) bond motifs is 1. The number of rotatable bonds is 1. The number of nitrogens with two attached hydrogens (primary N) is 1. The van der Waals surface area contributed by atoms with E-state index in [0.717, 1.165) is 0 Å². The van der Waals surface area contributed by atoms with Crippen molar-refractivity contribution in [3.05, 3.63) is 24.3 Å². The highest BCUT2D eigenvalue weighted by atomic mass is 16.6. The van der Waals surface area contributed by atoms with Gasteiger partial charge in [-0.3, -0.25) is 4.79 Å². The molecule has 2 heterocycles. The van der Waals surface area contributed by atoms with E-state index < -0.39 is 6.10 Å². The Balaban J connectivity index is 1.69. The van der Waals surface area contributed by atoms with E-state index in [1.54, 1.807) is 11.0 Å². The summed E-state index contributed by atoms with van der Waals surface area (Å²) in [6.45, 7) is 1.49. The van der Waals surface area contributed by atoms with E-state index in [4.69, 9.17) is 15.2 Å². The second-order valence-electron chi connectivity index (χ2n) is 4.37. The molecule has 2 N–H and O–H groups in total. The standard InChI is InChI=1S/C12H14N2O3/c13-8-5-14(6-8)12(15)11-7-16-9-3-1-2-4-10(9)17-11/h1-4,8,11H,5-7,13H2. The maximum atomic E-state index is 12.0. The van der Waals surface area contributed by atoms with Gasteiger partial charge in [0.15, 0.2) is 11.5 Å². The van der Waals surface area contributed by atoms with E-state index in [9.17, 15) is 4.79 Å². The van der Waals surface area contributed by atoms with Crippen molar-refractivity contribution < 1.29 is 14.3 Å². The summed E-state index contributed by atoms with van der Waals surface area (Å²) < 4.78 is 11.1. The van der Waals surface area contributed by atoms with Gasteiger partial charge in [-0.25, -0.2) is 0 Å². The van der Waals surface area contributed by atoms with Gasteiger partial charge in [0.2, 0.25) is 6.10 Å². The number of amides is 1. The smallest absolute Gasteiger partial charge is 0.267 e. The number of likely N-dealkylation sites (tertiary alicyclic amines) is 1. The molecule has 2 aliphatic rings. The molecule has 0 aliphatic carbocycles. The quantitative estimate of drug-likeness (QED) is 0.742. The lowest BCUT2D eigenvalue weighted by Gasteiger charge is -2.39. The number of carbonyl (C=O) groups excluding carboxylic acids is 1. The van der Waals surface area contributed by atoms with Crippen LogP contribution in [-0.4, -0.2) is 42.6 Å². The molecule has 1 amide bonds. The molecule has 1 fully saturated rings. The van der Waals surface area contributed by atoms with Gasteiger partial charge in [0.25, 0.3) is 5.91 Å². The van der Waals surface area contributed by atoms with Crippen molar-refractivity contribution in [1.29, 1.82) is 0 Å². The number of ether oxygens (including phenoxy) is 2. The molecule has 0 aromatic heterocycles. The highest BCUT2D eigenvalue weighted by molar-refractivity contribution is 5.82. The number of carbonyl (C=O) groups is 1. The lowest BCUT2D eigenvalue weighted by Crippen LogP contribution is -2.61. The molecule has 0 bridgehead atoms. The van der Waals surface area contributed by atoms with Crippen molar-refractivity contribution in [3.8, 4) is 11.5 Å². The summed E-state index contributed by atoms with van der Waals surface area (Å²) in [7, 11) is 0. The molecule has 1 unspecified atom stereocenters. The third-order valence-electron chi connectivity index (χ3n) is 3.01. The van der Waals surface area contributed by atoms with Gasteiger partial charge >= 0.3 is 0 Å². The molecule has 2 aliphatic heterocycles. The molecule has 3 rings (SSSR count). The van der Waals surface area contributed by atoms with E-state index >= 15 is 0 Å². The summed E-state index contributed by atoms with van der Waals surface area (Å²) in [5.41, 5.74) is 5.65. The minimum absolute atomic E-state index is 0.0406. The van der Waals surface area contributed by atoms with Crippen molar-refractivity contribution in [2.24, 2.45) is 5.73 Å². The lowest BCUT2D eigenvalue weighted by molar-refractivity contribution is -0.145. The van der Waals surface area contributed by atoms with Gasteiger partial charge < -0.3 is 20.1 Å². The molecule has 5 nitrogen and oxygen atoms in total. The molecule has 1 saturated heterocycles. The molecule has 1 aromatic rings. The van der Waals surface area contributed by atoms with Crippen LogP contribution in [0.5, 0.6) is 11.5 Å². The fourth-order valence-electron chi connectivity index (χ4n) is 2.04. The van der Waals surface area contributed by atoms with Gasteiger partial charge in [-0.2, -0.15) is 0 Å². The zero-order chi connectivity index (χ0) is 11.8. The molecule has 90 valence electrons. The fourth-order valence-corrected chi connectivity index (χ4v) is 2.04. The number of hydrogen-bond acceptors (Lipinski definition) is 4. The number of hydrogen-bond donors (Lipinski definition) is 1. The van der Waals surface area contributed by atoms with Crippen LogP contribution in [0.3, 0.4) is 0 Å². The predicted molar refractivity (Wildman–Crippen MR) is 60.9 cm³/mol. The van der Waals surface area contributed by atoms with Gasteiger partial charge in [-0.1, -0.05) is 12.1 Å². The van der Waals surface area contributed by atoms with Crippen LogP contribution in [0.1, 0.15) is 0 Å². The first-order valence-electron chi connectivity index (χ1n) is 5.67. The van der Waals surface area contributed by atoms with Gasteiger partial charge in [-0.05, 0) is 12.1 Å². The Labute approximate surface area is 99.1 Å². The summed E-state index contributed by atoms with van der Waals surface area (Å²) in [6, 6.07) is 7.47. The molecule has 1 aromatic carbocycles. The first kappa shape index (κ1) is 10.4. The van der Waals surface area contributed by atoms with E-state index in [1.807, 2.05) is 18.2 Å². The first-order valence-corrected chi connectivity index (χ1v) is 5.67. The second kappa shape index (κ2) is 3.92. The lowest BCUT2D eigenvalue weighted by atomic mass is 10.1. The zero-order valence-electron chi connectivity index (χ0n) is 9.33. The van der Waals surface area contributed by atoms with Gasteiger partial charge in [-0.15, -0.1) is 0 Å². The van der Waals surface area contributed by atoms with Crippen LogP contribution in [-0.2, 0) is 4.79 Å². The Morgan fingerprint density at radius 1 is 1.29 bits per heavy atom. The average Bonchev–Trinajstić information content (AvgIpc) is 2.33. The third-order valence-corrected chi connectivity index (χ3v) is 3.01. The maximum absolute atomic E-state index is 12.0. The summed E-state index contributed by atoms with van der Waals surface area (Å²) >= 11 is 0. The van der Waals surface area contributed by atoms with Gasteiger partial charge in [0.1, 0.15) is 6.61 Å². The normalized spacial score (nSPS) is 23.1. The second-order valence-corrected chi connectivity index (χ2v) is 4.37. The van der Waals surface area contributed by atoms with Crippen molar-refractivity contribution >= 4 is 5.91 Å². The molecule has 0 radical (unpaired) electrons. The van der Waals surface area contributed by atoms with Crippen molar-refractivity contribution in [3.63, 3.8) is 0 Å². The summed E-state index contributed by atoms with van der Waals surface area (Å²) in [5.74, 6) is 1.28. The number of benzene rings is 1. The summed E-state index contributed by atoms with van der Waals surface area (Å²) in [6.07, 6.45) is -0.544. The monoisotopic (exact) mass is 234 g/mol. The largest absolute Gasteiger partial charge is 0.485 e. The van der Waals surface area contributed by atoms with Gasteiger partial charge in [0.05, 0.1) is 0 Å². The molecule has 0 saturated carbocycles. The number of para-hydroxylation sites is 2. The topological polar surface area (TPSA) is 64.8 Å². The van der Waals surface area contributed by atoms with Crippen LogP contribution >= 0.6 is 0 Å². The van der Waals surface area contributed by atoms with Crippen LogP contribution in [0.15, 0.2) is 24.3 Å². The molecule has 5 heteroatoms. The Morgan fingerprint density at radius 3 is 2.71 bits per heavy atom. The molecule has 17 heavy (non-hydrogen) atoms. The fraction of sp³-hybridized carbons (Fsp3) is 0.417. The summed E-state index contributed by atoms with van der Waals surface area (Å²) in [5, 5.41) is 0. The van der Waals surface area contributed by atoms with Crippen molar-refractivity contribution in [2.75, 3.05) is 19.7 Å². The highest BCUT2D eigenvalue weighted by Crippen LogP contribution is 2.31. The van der Waals surface area contributed by atoms with E-state index in [2.05, 4.69) is 0 Å². The van der Waals surface area contributed by atoms with E-state index in [1.165, 1.54) is 0 Å². The van der Waals surface area contributed by atoms with E-state index in [-0.39, 0.29) is 18.6 Å².